The standard InChI is InChI=1S/C36H52O4/c1-22(2)28(37)15-13-23(3)27-21-29(38)32-25-14-16-30-34(4,5)31(40-33(39)24-11-9-8-10-12-24)18-20-35(30,6)26(25)17-19-36(27,32)7/h8-12,22-23,27-28,30-32,37H,13-21H2,1-7H3/t23-,27-,28?,30+,31+,32+,35-,36-/m1/s1. The third kappa shape index (κ3) is 4.80. The second kappa shape index (κ2) is 10.7. The number of benzene rings is 1. The van der Waals surface area contributed by atoms with Crippen LogP contribution in [0.1, 0.15) is 117 Å². The Morgan fingerprint density at radius 2 is 1.70 bits per heavy atom. The molecular formula is C36H52O4. The zero-order valence-electron chi connectivity index (χ0n) is 26.0. The van der Waals surface area contributed by atoms with Gasteiger partial charge in [-0.05, 0) is 98.0 Å². The van der Waals surface area contributed by atoms with Gasteiger partial charge in [-0.15, -0.1) is 0 Å². The number of ether oxygens (including phenoxy) is 1. The van der Waals surface area contributed by atoms with Crippen LogP contribution in [0.2, 0.25) is 0 Å². The summed E-state index contributed by atoms with van der Waals surface area (Å²) in [5, 5.41) is 10.4. The first-order chi connectivity index (χ1) is 18.8. The Bertz CT molecular complexity index is 1150. The van der Waals surface area contributed by atoms with Crippen LogP contribution in [0, 0.1) is 45.8 Å². The van der Waals surface area contributed by atoms with Gasteiger partial charge >= 0.3 is 5.97 Å². The van der Waals surface area contributed by atoms with Crippen molar-refractivity contribution < 1.29 is 19.4 Å². The van der Waals surface area contributed by atoms with Gasteiger partial charge in [0.05, 0.1) is 11.7 Å². The molecule has 0 saturated heterocycles. The summed E-state index contributed by atoms with van der Waals surface area (Å²) >= 11 is 0. The van der Waals surface area contributed by atoms with Gasteiger partial charge in [-0.2, -0.15) is 0 Å². The maximum absolute atomic E-state index is 13.8. The number of esters is 1. The van der Waals surface area contributed by atoms with Crippen molar-refractivity contribution in [2.45, 2.75) is 118 Å². The number of aliphatic hydroxyl groups is 1. The third-order valence-electron chi connectivity index (χ3n) is 12.3. The first-order valence-corrected chi connectivity index (χ1v) is 16.0. The molecule has 220 valence electrons. The molecule has 1 N–H and O–H groups in total. The minimum Gasteiger partial charge on any atom is -0.458 e. The van der Waals surface area contributed by atoms with Crippen molar-refractivity contribution in [1.29, 1.82) is 0 Å². The van der Waals surface area contributed by atoms with Crippen molar-refractivity contribution in [3.63, 3.8) is 0 Å². The monoisotopic (exact) mass is 548 g/mol. The number of carbonyl (C=O) groups is 2. The molecule has 0 aromatic heterocycles. The summed E-state index contributed by atoms with van der Waals surface area (Å²) in [5.41, 5.74) is 3.62. The fourth-order valence-electron chi connectivity index (χ4n) is 9.92. The summed E-state index contributed by atoms with van der Waals surface area (Å²) < 4.78 is 6.19. The van der Waals surface area contributed by atoms with E-state index in [-0.39, 0.29) is 46.3 Å². The Morgan fingerprint density at radius 1 is 1.00 bits per heavy atom. The molecule has 0 heterocycles. The van der Waals surface area contributed by atoms with E-state index < -0.39 is 0 Å². The number of rotatable bonds is 7. The van der Waals surface area contributed by atoms with Crippen LogP contribution in [0.15, 0.2) is 41.5 Å². The number of aliphatic hydroxyl groups excluding tert-OH is 1. The van der Waals surface area contributed by atoms with E-state index in [1.165, 1.54) is 5.57 Å². The maximum atomic E-state index is 13.8. The molecule has 0 spiro atoms. The molecule has 8 atom stereocenters. The van der Waals surface area contributed by atoms with Gasteiger partial charge in [-0.25, -0.2) is 4.79 Å². The van der Waals surface area contributed by atoms with Crippen molar-refractivity contribution in [3.05, 3.63) is 47.0 Å². The van der Waals surface area contributed by atoms with E-state index in [0.29, 0.717) is 35.5 Å². The van der Waals surface area contributed by atoms with Crippen LogP contribution < -0.4 is 0 Å². The fourth-order valence-corrected chi connectivity index (χ4v) is 9.92. The van der Waals surface area contributed by atoms with E-state index in [9.17, 15) is 14.7 Å². The van der Waals surface area contributed by atoms with Crippen molar-refractivity contribution in [2.75, 3.05) is 0 Å². The lowest BCUT2D eigenvalue weighted by molar-refractivity contribution is -0.122. The first kappa shape index (κ1) is 29.5. The smallest absolute Gasteiger partial charge is 0.338 e. The third-order valence-corrected chi connectivity index (χ3v) is 12.3. The first-order valence-electron chi connectivity index (χ1n) is 16.0. The Morgan fingerprint density at radius 3 is 2.38 bits per heavy atom. The minimum absolute atomic E-state index is 0.0270. The quantitative estimate of drug-likeness (QED) is 0.276. The Hall–Kier alpha value is -1.94. The number of ketones is 1. The molecule has 1 unspecified atom stereocenters. The highest BCUT2D eigenvalue weighted by molar-refractivity contribution is 5.89. The molecular weight excluding hydrogens is 496 g/mol. The lowest BCUT2D eigenvalue weighted by Gasteiger charge is -2.60. The number of fused-ring (bicyclic) bond motifs is 4. The Kier molecular flexibility index (Phi) is 7.92. The molecule has 0 radical (unpaired) electrons. The Balaban J connectivity index is 1.36. The molecule has 2 saturated carbocycles. The van der Waals surface area contributed by atoms with Crippen LogP contribution in [0.5, 0.6) is 0 Å². The number of hydrogen-bond donors (Lipinski definition) is 1. The number of Topliss-reactive ketones (excluding diaryl/α,β-unsaturated/α-hetero) is 1. The largest absolute Gasteiger partial charge is 0.458 e. The van der Waals surface area contributed by atoms with Crippen molar-refractivity contribution in [1.82, 2.24) is 0 Å². The molecule has 40 heavy (non-hydrogen) atoms. The van der Waals surface area contributed by atoms with E-state index >= 15 is 0 Å². The highest BCUT2D eigenvalue weighted by Gasteiger charge is 2.61. The molecule has 5 rings (SSSR count). The average molecular weight is 549 g/mol. The van der Waals surface area contributed by atoms with Gasteiger partial charge < -0.3 is 9.84 Å². The van der Waals surface area contributed by atoms with Gasteiger partial charge in [-0.1, -0.05) is 77.8 Å². The summed E-state index contributed by atoms with van der Waals surface area (Å²) in [7, 11) is 0. The van der Waals surface area contributed by atoms with E-state index in [1.807, 2.05) is 30.3 Å². The van der Waals surface area contributed by atoms with Gasteiger partial charge in [0.25, 0.3) is 0 Å². The molecule has 2 fully saturated rings. The van der Waals surface area contributed by atoms with E-state index in [0.717, 1.165) is 51.4 Å². The molecule has 1 aromatic rings. The lowest BCUT2D eigenvalue weighted by Crippen LogP contribution is -2.54. The Labute approximate surface area is 242 Å². The van der Waals surface area contributed by atoms with Gasteiger partial charge in [0.1, 0.15) is 11.9 Å². The maximum Gasteiger partial charge on any atom is 0.338 e. The van der Waals surface area contributed by atoms with Crippen molar-refractivity contribution >= 4 is 11.8 Å². The molecule has 1 aromatic carbocycles. The number of hydrogen-bond acceptors (Lipinski definition) is 4. The lowest BCUT2D eigenvalue weighted by atomic mass is 9.45. The zero-order chi connectivity index (χ0) is 29.0. The number of allylic oxidation sites excluding steroid dienone is 2. The van der Waals surface area contributed by atoms with Crippen LogP contribution in [0.25, 0.3) is 0 Å². The molecule has 0 bridgehead atoms. The predicted molar refractivity (Wildman–Crippen MR) is 160 cm³/mol. The number of carbonyl (C=O) groups excluding carboxylic acids is 2. The second-order valence-corrected chi connectivity index (χ2v) is 15.2. The normalized spacial score (nSPS) is 36.5. The van der Waals surface area contributed by atoms with Crippen LogP contribution in [-0.4, -0.2) is 29.1 Å². The summed E-state index contributed by atoms with van der Waals surface area (Å²) in [4.78, 5) is 26.8. The molecule has 4 nitrogen and oxygen atoms in total. The summed E-state index contributed by atoms with van der Waals surface area (Å²) in [6.45, 7) is 16.0. The highest BCUT2D eigenvalue weighted by atomic mass is 16.5. The second-order valence-electron chi connectivity index (χ2n) is 15.2. The SMILES string of the molecule is CC(C)C(O)CC[C@@H](C)[C@H]1CC(=O)[C@@H]2C3=C(CC[C@@]21C)[C@@]1(C)CC[C@H](OC(=O)c2ccccc2)C(C)(C)[C@@H]1CC3. The van der Waals surface area contributed by atoms with E-state index in [4.69, 9.17) is 4.74 Å². The zero-order valence-corrected chi connectivity index (χ0v) is 26.0. The van der Waals surface area contributed by atoms with Gasteiger partial charge in [-0.3, -0.25) is 4.79 Å². The summed E-state index contributed by atoms with van der Waals surface area (Å²) in [6.07, 6.45) is 8.24. The van der Waals surface area contributed by atoms with Gasteiger partial charge in [0.2, 0.25) is 0 Å². The van der Waals surface area contributed by atoms with Crippen molar-refractivity contribution in [3.8, 4) is 0 Å². The molecule has 4 aliphatic rings. The van der Waals surface area contributed by atoms with Crippen LogP contribution in [0.3, 0.4) is 0 Å². The molecule has 0 amide bonds. The van der Waals surface area contributed by atoms with Crippen LogP contribution in [0.4, 0.5) is 0 Å². The van der Waals surface area contributed by atoms with E-state index in [2.05, 4.69) is 48.5 Å². The van der Waals surface area contributed by atoms with Gasteiger partial charge in [0, 0.05) is 17.8 Å². The molecule has 4 aliphatic carbocycles. The van der Waals surface area contributed by atoms with Crippen LogP contribution in [-0.2, 0) is 9.53 Å². The molecule has 0 aliphatic heterocycles. The predicted octanol–water partition coefficient (Wildman–Crippen LogP) is 8.18. The van der Waals surface area contributed by atoms with Crippen molar-refractivity contribution in [2.24, 2.45) is 45.8 Å². The average Bonchev–Trinajstić information content (AvgIpc) is 3.19. The summed E-state index contributed by atoms with van der Waals surface area (Å²) in [5.74, 6) is 1.85. The minimum atomic E-state index is -0.260. The van der Waals surface area contributed by atoms with Crippen LogP contribution >= 0.6 is 0 Å². The molecule has 4 heteroatoms. The summed E-state index contributed by atoms with van der Waals surface area (Å²) in [6, 6.07) is 9.35. The van der Waals surface area contributed by atoms with Gasteiger partial charge in [0.15, 0.2) is 0 Å². The van der Waals surface area contributed by atoms with E-state index in [1.54, 1.807) is 5.57 Å². The topological polar surface area (TPSA) is 63.6 Å². The highest BCUT2D eigenvalue weighted by Crippen LogP contribution is 2.67. The fraction of sp³-hybridized carbons (Fsp3) is 0.722.